The molecule has 18 heavy (non-hydrogen) atoms. The minimum Gasteiger partial charge on any atom is -0.338 e. The van der Waals surface area contributed by atoms with Gasteiger partial charge in [0, 0.05) is 12.1 Å². The topological polar surface area (TPSA) is 75.9 Å². The molecule has 0 saturated heterocycles. The second kappa shape index (κ2) is 4.92. The Morgan fingerprint density at radius 3 is 2.50 bits per heavy atom. The van der Waals surface area contributed by atoms with Crippen LogP contribution in [-0.4, -0.2) is 9.97 Å². The molecule has 2 rings (SSSR count). The van der Waals surface area contributed by atoms with E-state index in [1.807, 2.05) is 0 Å². The maximum Gasteiger partial charge on any atom is 0.149 e. The van der Waals surface area contributed by atoms with Gasteiger partial charge in [-0.15, -0.1) is 0 Å². The number of aryl methyl sites for hydroxylation is 1. The van der Waals surface area contributed by atoms with Gasteiger partial charge in [0.05, 0.1) is 5.69 Å². The average Bonchev–Trinajstić information content (AvgIpc) is 2.32. The van der Waals surface area contributed by atoms with Crippen molar-refractivity contribution in [3.8, 4) is 0 Å². The number of nitrogens with zero attached hydrogens (tertiary/aromatic N) is 2. The smallest absolute Gasteiger partial charge is 0.149 e. The van der Waals surface area contributed by atoms with E-state index in [-0.39, 0.29) is 5.69 Å². The summed E-state index contributed by atoms with van der Waals surface area (Å²) >= 11 is 0. The zero-order valence-electron chi connectivity index (χ0n) is 9.54. The van der Waals surface area contributed by atoms with Crippen LogP contribution in [0.15, 0.2) is 24.3 Å². The van der Waals surface area contributed by atoms with Gasteiger partial charge in [-0.05, 0) is 19.1 Å². The maximum absolute atomic E-state index is 13.4. The third-order valence-corrected chi connectivity index (χ3v) is 2.18. The molecule has 0 aliphatic rings. The molecule has 94 valence electrons. The Labute approximate surface area is 102 Å². The molecule has 1 aromatic heterocycles. The first kappa shape index (κ1) is 12.2. The summed E-state index contributed by atoms with van der Waals surface area (Å²) in [6.07, 6.45) is 0. The van der Waals surface area contributed by atoms with Crippen LogP contribution >= 0.6 is 0 Å². The molecule has 0 fully saturated rings. The molecule has 0 amide bonds. The van der Waals surface area contributed by atoms with Gasteiger partial charge in [0.15, 0.2) is 0 Å². The highest BCUT2D eigenvalue weighted by Crippen LogP contribution is 2.20. The quantitative estimate of drug-likeness (QED) is 0.575. The first-order valence-electron chi connectivity index (χ1n) is 5.13. The van der Waals surface area contributed by atoms with Gasteiger partial charge in [0.25, 0.3) is 0 Å². The normalized spacial score (nSPS) is 10.2. The highest BCUT2D eigenvalue weighted by molar-refractivity contribution is 5.59. The number of aromatic nitrogens is 2. The number of rotatable bonds is 3. The molecule has 0 atom stereocenters. The van der Waals surface area contributed by atoms with Crippen LogP contribution in [0.1, 0.15) is 5.82 Å². The number of nitrogens with one attached hydrogen (secondary N) is 2. The molecule has 2 aromatic rings. The summed E-state index contributed by atoms with van der Waals surface area (Å²) in [5.41, 5.74) is 2.50. The van der Waals surface area contributed by atoms with Crippen LogP contribution in [0.5, 0.6) is 0 Å². The standard InChI is InChI=1S/C11H11F2N5/c1-6-15-10(5-11(16-6)18-14)17-9-3-2-7(12)4-8(9)13/h2-5H,14H2,1H3,(H2,15,16,17,18). The van der Waals surface area contributed by atoms with Crippen LogP contribution in [0.25, 0.3) is 0 Å². The lowest BCUT2D eigenvalue weighted by molar-refractivity contribution is 0.586. The van der Waals surface area contributed by atoms with Crippen LogP contribution in [0, 0.1) is 18.6 Å². The largest absolute Gasteiger partial charge is 0.338 e. The molecule has 0 bridgehead atoms. The number of nitrogens with two attached hydrogens (primary N) is 1. The summed E-state index contributed by atoms with van der Waals surface area (Å²) in [4.78, 5) is 8.05. The summed E-state index contributed by atoms with van der Waals surface area (Å²) in [7, 11) is 0. The van der Waals surface area contributed by atoms with Gasteiger partial charge >= 0.3 is 0 Å². The molecule has 5 nitrogen and oxygen atoms in total. The third-order valence-electron chi connectivity index (χ3n) is 2.18. The van der Waals surface area contributed by atoms with Crippen molar-refractivity contribution in [1.29, 1.82) is 0 Å². The van der Waals surface area contributed by atoms with E-state index >= 15 is 0 Å². The zero-order chi connectivity index (χ0) is 13.1. The lowest BCUT2D eigenvalue weighted by atomic mass is 10.3. The van der Waals surface area contributed by atoms with E-state index in [0.29, 0.717) is 17.5 Å². The summed E-state index contributed by atoms with van der Waals surface area (Å²) in [6.45, 7) is 1.67. The second-order valence-electron chi connectivity index (χ2n) is 3.58. The molecule has 1 aromatic carbocycles. The van der Waals surface area contributed by atoms with Crippen LogP contribution in [-0.2, 0) is 0 Å². The van der Waals surface area contributed by atoms with Gasteiger partial charge in [0.2, 0.25) is 0 Å². The van der Waals surface area contributed by atoms with Crippen molar-refractivity contribution in [3.63, 3.8) is 0 Å². The van der Waals surface area contributed by atoms with Crippen molar-refractivity contribution in [2.24, 2.45) is 5.84 Å². The molecular weight excluding hydrogens is 240 g/mol. The maximum atomic E-state index is 13.4. The molecule has 7 heteroatoms. The molecular formula is C11H11F2N5. The van der Waals surface area contributed by atoms with Crippen molar-refractivity contribution >= 4 is 17.3 Å². The molecule has 0 radical (unpaired) electrons. The molecule has 0 spiro atoms. The monoisotopic (exact) mass is 251 g/mol. The van der Waals surface area contributed by atoms with E-state index in [9.17, 15) is 8.78 Å². The van der Waals surface area contributed by atoms with E-state index in [2.05, 4.69) is 20.7 Å². The van der Waals surface area contributed by atoms with Crippen LogP contribution in [0.2, 0.25) is 0 Å². The predicted molar refractivity (Wildman–Crippen MR) is 64.2 cm³/mol. The van der Waals surface area contributed by atoms with Crippen molar-refractivity contribution in [1.82, 2.24) is 9.97 Å². The Bertz CT molecular complexity index is 573. The lowest BCUT2D eigenvalue weighted by Crippen LogP contribution is -2.10. The minimum absolute atomic E-state index is 0.123. The third kappa shape index (κ3) is 2.69. The van der Waals surface area contributed by atoms with E-state index in [4.69, 9.17) is 5.84 Å². The number of hydrogen-bond donors (Lipinski definition) is 3. The van der Waals surface area contributed by atoms with Gasteiger partial charge < -0.3 is 10.7 Å². The Morgan fingerprint density at radius 2 is 1.83 bits per heavy atom. The van der Waals surface area contributed by atoms with Gasteiger partial charge in [-0.1, -0.05) is 0 Å². The van der Waals surface area contributed by atoms with Crippen molar-refractivity contribution in [2.75, 3.05) is 10.7 Å². The summed E-state index contributed by atoms with van der Waals surface area (Å²) in [5.74, 6) is 5.13. The van der Waals surface area contributed by atoms with E-state index in [1.165, 1.54) is 12.1 Å². The van der Waals surface area contributed by atoms with E-state index < -0.39 is 11.6 Å². The Hall–Kier alpha value is -2.28. The van der Waals surface area contributed by atoms with Crippen LogP contribution in [0.4, 0.5) is 26.1 Å². The first-order valence-corrected chi connectivity index (χ1v) is 5.13. The number of hydrogen-bond acceptors (Lipinski definition) is 5. The second-order valence-corrected chi connectivity index (χ2v) is 3.58. The van der Waals surface area contributed by atoms with Crippen molar-refractivity contribution < 1.29 is 8.78 Å². The van der Waals surface area contributed by atoms with Crippen LogP contribution in [0.3, 0.4) is 0 Å². The highest BCUT2D eigenvalue weighted by Gasteiger charge is 2.06. The zero-order valence-corrected chi connectivity index (χ0v) is 9.54. The lowest BCUT2D eigenvalue weighted by Gasteiger charge is -2.09. The Balaban J connectivity index is 2.30. The number of benzene rings is 1. The van der Waals surface area contributed by atoms with Gasteiger partial charge in [-0.25, -0.2) is 24.6 Å². The van der Waals surface area contributed by atoms with Gasteiger partial charge in [-0.3, -0.25) is 0 Å². The van der Waals surface area contributed by atoms with E-state index in [0.717, 1.165) is 12.1 Å². The van der Waals surface area contributed by atoms with Gasteiger partial charge in [0.1, 0.15) is 29.1 Å². The predicted octanol–water partition coefficient (Wildman–Crippen LogP) is 2.09. The average molecular weight is 251 g/mol. The summed E-state index contributed by atoms with van der Waals surface area (Å²) in [5, 5.41) is 2.73. The first-order chi connectivity index (χ1) is 8.58. The fourth-order valence-corrected chi connectivity index (χ4v) is 1.43. The number of anilines is 3. The van der Waals surface area contributed by atoms with Crippen LogP contribution < -0.4 is 16.6 Å². The SMILES string of the molecule is Cc1nc(NN)cc(Nc2ccc(F)cc2F)n1. The van der Waals surface area contributed by atoms with E-state index in [1.54, 1.807) is 6.92 Å². The molecule has 0 unspecified atom stereocenters. The minimum atomic E-state index is -0.700. The molecule has 0 aliphatic carbocycles. The van der Waals surface area contributed by atoms with Crippen molar-refractivity contribution in [2.45, 2.75) is 6.92 Å². The Morgan fingerprint density at radius 1 is 1.11 bits per heavy atom. The van der Waals surface area contributed by atoms with Crippen molar-refractivity contribution in [3.05, 3.63) is 41.7 Å². The fourth-order valence-electron chi connectivity index (χ4n) is 1.43. The fraction of sp³-hybridized carbons (Fsp3) is 0.0909. The molecule has 4 N–H and O–H groups in total. The number of halogens is 2. The summed E-state index contributed by atoms with van der Waals surface area (Å²) in [6, 6.07) is 4.74. The van der Waals surface area contributed by atoms with Gasteiger partial charge in [-0.2, -0.15) is 0 Å². The molecule has 0 saturated carbocycles. The number of nitrogen functional groups attached to an aromatic ring is 1. The highest BCUT2D eigenvalue weighted by atomic mass is 19.1. The molecule has 1 heterocycles. The molecule has 0 aliphatic heterocycles. The Kier molecular flexibility index (Phi) is 3.33. The summed E-state index contributed by atoms with van der Waals surface area (Å²) < 4.78 is 26.2. The number of hydrazine groups is 1.